The highest BCUT2D eigenvalue weighted by Gasteiger charge is 2.39. The second-order valence-corrected chi connectivity index (χ2v) is 4.50. The molecular formula is C13H19NO. The van der Waals surface area contributed by atoms with E-state index in [4.69, 9.17) is 5.73 Å². The quantitative estimate of drug-likeness (QED) is 0.795. The Morgan fingerprint density at radius 1 is 1.40 bits per heavy atom. The largest absolute Gasteiger partial charge is 0.507 e. The molecule has 0 saturated heterocycles. The van der Waals surface area contributed by atoms with Crippen molar-refractivity contribution in [2.75, 3.05) is 6.54 Å². The van der Waals surface area contributed by atoms with Gasteiger partial charge in [0.05, 0.1) is 0 Å². The Morgan fingerprint density at radius 3 is 2.60 bits per heavy atom. The Hall–Kier alpha value is -1.02. The first-order valence-electron chi connectivity index (χ1n) is 5.75. The van der Waals surface area contributed by atoms with Crippen molar-refractivity contribution in [1.82, 2.24) is 0 Å². The van der Waals surface area contributed by atoms with E-state index < -0.39 is 0 Å². The number of benzene rings is 1. The predicted molar refractivity (Wildman–Crippen MR) is 62.1 cm³/mol. The standard InChI is InChI=1S/C13H19NO/c1-2-10-5-3-6-11(12(10)15)13(9-14)7-4-8-13/h3,5-6,15H,2,4,7-9,14H2,1H3. The number of aryl methyl sites for hydroxylation is 1. The lowest BCUT2D eigenvalue weighted by atomic mass is 9.64. The summed E-state index contributed by atoms with van der Waals surface area (Å²) in [6.07, 6.45) is 4.34. The zero-order valence-electron chi connectivity index (χ0n) is 9.29. The Bertz CT molecular complexity index is 350. The van der Waals surface area contributed by atoms with Crippen LogP contribution in [0.4, 0.5) is 0 Å². The molecule has 0 heterocycles. The molecule has 2 nitrogen and oxygen atoms in total. The van der Waals surface area contributed by atoms with Crippen molar-refractivity contribution in [2.45, 2.75) is 38.0 Å². The Morgan fingerprint density at radius 2 is 2.13 bits per heavy atom. The summed E-state index contributed by atoms with van der Waals surface area (Å²) in [5.74, 6) is 0.477. The summed E-state index contributed by atoms with van der Waals surface area (Å²) in [6, 6.07) is 6.05. The molecule has 0 atom stereocenters. The smallest absolute Gasteiger partial charge is 0.122 e. The van der Waals surface area contributed by atoms with Crippen molar-refractivity contribution in [3.05, 3.63) is 29.3 Å². The highest BCUT2D eigenvalue weighted by molar-refractivity contribution is 5.46. The number of hydrogen-bond donors (Lipinski definition) is 2. The highest BCUT2D eigenvalue weighted by Crippen LogP contribution is 2.46. The van der Waals surface area contributed by atoms with Crippen LogP contribution in [0.3, 0.4) is 0 Å². The number of phenols is 1. The zero-order chi connectivity index (χ0) is 10.9. The zero-order valence-corrected chi connectivity index (χ0v) is 9.29. The van der Waals surface area contributed by atoms with Gasteiger partial charge in [0.25, 0.3) is 0 Å². The molecule has 0 radical (unpaired) electrons. The van der Waals surface area contributed by atoms with Gasteiger partial charge in [0.1, 0.15) is 5.75 Å². The summed E-state index contributed by atoms with van der Waals surface area (Å²) in [4.78, 5) is 0. The Labute approximate surface area is 91.1 Å². The van der Waals surface area contributed by atoms with E-state index in [-0.39, 0.29) is 5.41 Å². The summed E-state index contributed by atoms with van der Waals surface area (Å²) < 4.78 is 0. The van der Waals surface area contributed by atoms with E-state index in [2.05, 4.69) is 6.92 Å². The summed E-state index contributed by atoms with van der Waals surface area (Å²) in [5, 5.41) is 10.2. The van der Waals surface area contributed by atoms with Crippen LogP contribution in [-0.2, 0) is 11.8 Å². The molecule has 2 rings (SSSR count). The SMILES string of the molecule is CCc1cccc(C2(CN)CCC2)c1O. The second-order valence-electron chi connectivity index (χ2n) is 4.50. The molecule has 1 aromatic carbocycles. The average molecular weight is 205 g/mol. The Kier molecular flexibility index (Phi) is 2.70. The minimum Gasteiger partial charge on any atom is -0.507 e. The third kappa shape index (κ3) is 1.53. The van der Waals surface area contributed by atoms with E-state index in [1.54, 1.807) is 0 Å². The monoisotopic (exact) mass is 205 g/mol. The van der Waals surface area contributed by atoms with Crippen LogP contribution >= 0.6 is 0 Å². The summed E-state index contributed by atoms with van der Waals surface area (Å²) in [7, 11) is 0. The van der Waals surface area contributed by atoms with E-state index in [1.165, 1.54) is 6.42 Å². The van der Waals surface area contributed by atoms with Crippen molar-refractivity contribution in [2.24, 2.45) is 5.73 Å². The third-order valence-electron chi connectivity index (χ3n) is 3.77. The minimum absolute atomic E-state index is 0.0647. The molecule has 3 N–H and O–H groups in total. The van der Waals surface area contributed by atoms with Gasteiger partial charge in [-0.05, 0) is 24.8 Å². The lowest BCUT2D eigenvalue weighted by Gasteiger charge is -2.42. The van der Waals surface area contributed by atoms with Gasteiger partial charge in [-0.1, -0.05) is 31.5 Å². The van der Waals surface area contributed by atoms with Crippen LogP contribution in [-0.4, -0.2) is 11.7 Å². The van der Waals surface area contributed by atoms with Crippen molar-refractivity contribution < 1.29 is 5.11 Å². The number of aromatic hydroxyl groups is 1. The fraction of sp³-hybridized carbons (Fsp3) is 0.538. The maximum Gasteiger partial charge on any atom is 0.122 e. The minimum atomic E-state index is 0.0647. The first-order valence-corrected chi connectivity index (χ1v) is 5.75. The van der Waals surface area contributed by atoms with Gasteiger partial charge in [-0.25, -0.2) is 0 Å². The van der Waals surface area contributed by atoms with E-state index in [1.807, 2.05) is 18.2 Å². The molecular weight excluding hydrogens is 186 g/mol. The number of para-hydroxylation sites is 1. The van der Waals surface area contributed by atoms with E-state index in [0.717, 1.165) is 30.4 Å². The molecule has 0 bridgehead atoms. The lowest BCUT2D eigenvalue weighted by Crippen LogP contribution is -2.41. The average Bonchev–Trinajstić information content (AvgIpc) is 2.20. The van der Waals surface area contributed by atoms with Gasteiger partial charge in [0, 0.05) is 17.5 Å². The van der Waals surface area contributed by atoms with Crippen molar-refractivity contribution >= 4 is 0 Å². The molecule has 1 aromatic rings. The predicted octanol–water partition coefficient (Wildman–Crippen LogP) is 2.34. The maximum atomic E-state index is 10.2. The van der Waals surface area contributed by atoms with Gasteiger partial charge in [-0.2, -0.15) is 0 Å². The van der Waals surface area contributed by atoms with Crippen molar-refractivity contribution in [1.29, 1.82) is 0 Å². The highest BCUT2D eigenvalue weighted by atomic mass is 16.3. The Balaban J connectivity index is 2.43. The normalized spacial score (nSPS) is 18.5. The number of hydrogen-bond acceptors (Lipinski definition) is 2. The molecule has 1 saturated carbocycles. The van der Waals surface area contributed by atoms with E-state index in [9.17, 15) is 5.11 Å². The van der Waals surface area contributed by atoms with Gasteiger partial charge in [0.15, 0.2) is 0 Å². The molecule has 0 aliphatic heterocycles. The van der Waals surface area contributed by atoms with Gasteiger partial charge < -0.3 is 10.8 Å². The van der Waals surface area contributed by atoms with Crippen LogP contribution in [0.1, 0.15) is 37.3 Å². The van der Waals surface area contributed by atoms with Gasteiger partial charge >= 0.3 is 0 Å². The molecule has 1 fully saturated rings. The first-order chi connectivity index (χ1) is 7.23. The molecule has 1 aliphatic carbocycles. The molecule has 15 heavy (non-hydrogen) atoms. The van der Waals surface area contributed by atoms with Crippen LogP contribution in [0.5, 0.6) is 5.75 Å². The van der Waals surface area contributed by atoms with Gasteiger partial charge in [0.2, 0.25) is 0 Å². The summed E-state index contributed by atoms with van der Waals surface area (Å²) in [5.41, 5.74) is 8.01. The summed E-state index contributed by atoms with van der Waals surface area (Å²) >= 11 is 0. The molecule has 1 aliphatic rings. The number of rotatable bonds is 3. The molecule has 0 amide bonds. The van der Waals surface area contributed by atoms with Crippen molar-refractivity contribution in [3.63, 3.8) is 0 Å². The molecule has 82 valence electrons. The number of nitrogens with two attached hydrogens (primary N) is 1. The van der Waals surface area contributed by atoms with Crippen LogP contribution in [0.15, 0.2) is 18.2 Å². The van der Waals surface area contributed by atoms with E-state index >= 15 is 0 Å². The lowest BCUT2D eigenvalue weighted by molar-refractivity contribution is 0.244. The van der Waals surface area contributed by atoms with Crippen LogP contribution < -0.4 is 5.73 Å². The van der Waals surface area contributed by atoms with Gasteiger partial charge in [-0.15, -0.1) is 0 Å². The summed E-state index contributed by atoms with van der Waals surface area (Å²) in [6.45, 7) is 2.71. The van der Waals surface area contributed by atoms with Crippen LogP contribution in [0, 0.1) is 0 Å². The third-order valence-corrected chi connectivity index (χ3v) is 3.77. The molecule has 0 spiro atoms. The second kappa shape index (κ2) is 3.86. The topological polar surface area (TPSA) is 46.2 Å². The van der Waals surface area contributed by atoms with Crippen LogP contribution in [0.25, 0.3) is 0 Å². The van der Waals surface area contributed by atoms with E-state index in [0.29, 0.717) is 12.3 Å². The molecule has 0 aromatic heterocycles. The molecule has 2 heteroatoms. The first kappa shape index (κ1) is 10.5. The molecule has 0 unspecified atom stereocenters. The van der Waals surface area contributed by atoms with Crippen LogP contribution in [0.2, 0.25) is 0 Å². The fourth-order valence-corrected chi connectivity index (χ4v) is 2.49. The van der Waals surface area contributed by atoms with Crippen molar-refractivity contribution in [3.8, 4) is 5.75 Å². The number of phenolic OH excluding ortho intramolecular Hbond substituents is 1. The van der Waals surface area contributed by atoms with Gasteiger partial charge in [-0.3, -0.25) is 0 Å². The fourth-order valence-electron chi connectivity index (χ4n) is 2.49. The maximum absolute atomic E-state index is 10.2.